The predicted molar refractivity (Wildman–Crippen MR) is 132 cm³/mol. The molecule has 3 rings (SSSR count). The van der Waals surface area contributed by atoms with Crippen LogP contribution >= 0.6 is 0 Å². The zero-order valence-electron chi connectivity index (χ0n) is 20.3. The molecule has 2 atom stereocenters. The van der Waals surface area contributed by atoms with Crippen LogP contribution < -0.4 is 10.1 Å². The molecule has 186 valence electrons. The lowest BCUT2D eigenvalue weighted by Crippen LogP contribution is -2.30. The Bertz CT molecular complexity index is 1060. The summed E-state index contributed by atoms with van der Waals surface area (Å²) in [5.74, 6) is 0.536. The molecule has 1 N–H and O–H groups in total. The second kappa shape index (κ2) is 11.9. The number of alkyl halides is 3. The van der Waals surface area contributed by atoms with E-state index in [4.69, 9.17) is 4.74 Å². The molecule has 3 aromatic rings. The van der Waals surface area contributed by atoms with Gasteiger partial charge in [0.2, 0.25) is 5.91 Å². The van der Waals surface area contributed by atoms with Crippen molar-refractivity contribution in [3.63, 3.8) is 0 Å². The van der Waals surface area contributed by atoms with Gasteiger partial charge in [0.05, 0.1) is 11.5 Å². The normalized spacial score (nSPS) is 13.3. The number of nitrogens with one attached hydrogen (secondary N) is 1. The fourth-order valence-electron chi connectivity index (χ4n) is 3.89. The number of halogens is 3. The maximum Gasteiger partial charge on any atom is 0.416 e. The smallest absolute Gasteiger partial charge is 0.416 e. The average Bonchev–Trinajstić information content (AvgIpc) is 2.83. The van der Waals surface area contributed by atoms with Crippen molar-refractivity contribution in [3.8, 4) is 5.75 Å². The largest absolute Gasteiger partial charge is 0.486 e. The number of benzene rings is 3. The van der Waals surface area contributed by atoms with Crippen LogP contribution in [0.4, 0.5) is 13.2 Å². The second-order valence-electron chi connectivity index (χ2n) is 9.18. The number of hydrogen-bond acceptors (Lipinski definition) is 2. The molecular formula is C29H32F3NO2. The Morgan fingerprint density at radius 1 is 0.857 bits per heavy atom. The number of ether oxygens (including phenoxy) is 1. The summed E-state index contributed by atoms with van der Waals surface area (Å²) in [7, 11) is 0. The molecule has 0 aromatic heterocycles. The van der Waals surface area contributed by atoms with Gasteiger partial charge in [-0.3, -0.25) is 4.79 Å². The van der Waals surface area contributed by atoms with E-state index in [1.165, 1.54) is 17.7 Å². The summed E-state index contributed by atoms with van der Waals surface area (Å²) in [6, 6.07) is 22.2. The van der Waals surface area contributed by atoms with E-state index < -0.39 is 17.8 Å². The molecular weight excluding hydrogens is 451 g/mol. The fraction of sp³-hybridized carbons (Fsp3) is 0.345. The van der Waals surface area contributed by atoms with Gasteiger partial charge in [0.1, 0.15) is 11.9 Å². The number of carbonyl (C=O) groups is 1. The van der Waals surface area contributed by atoms with Crippen LogP contribution in [0.15, 0.2) is 78.9 Å². The van der Waals surface area contributed by atoms with Gasteiger partial charge in [0.15, 0.2) is 0 Å². The van der Waals surface area contributed by atoms with Crippen LogP contribution in [-0.2, 0) is 17.4 Å². The monoisotopic (exact) mass is 483 g/mol. The topological polar surface area (TPSA) is 38.3 Å². The molecule has 3 nitrogen and oxygen atoms in total. The second-order valence-corrected chi connectivity index (χ2v) is 9.18. The molecule has 0 radical (unpaired) electrons. The van der Waals surface area contributed by atoms with E-state index >= 15 is 0 Å². The summed E-state index contributed by atoms with van der Waals surface area (Å²) in [6.07, 6.45) is -3.34. The van der Waals surface area contributed by atoms with Crippen molar-refractivity contribution in [2.75, 3.05) is 6.54 Å². The minimum Gasteiger partial charge on any atom is -0.486 e. The Kier molecular flexibility index (Phi) is 8.96. The van der Waals surface area contributed by atoms with E-state index in [0.717, 1.165) is 29.7 Å². The van der Waals surface area contributed by atoms with Crippen molar-refractivity contribution in [3.05, 3.63) is 101 Å². The molecule has 0 saturated heterocycles. The lowest BCUT2D eigenvalue weighted by molar-refractivity contribution is -0.137. The molecule has 0 bridgehead atoms. The molecule has 2 unspecified atom stereocenters. The minimum absolute atomic E-state index is 0.0806. The van der Waals surface area contributed by atoms with Crippen LogP contribution in [0.2, 0.25) is 0 Å². The third-order valence-electron chi connectivity index (χ3n) is 5.85. The van der Waals surface area contributed by atoms with Crippen LogP contribution in [0.3, 0.4) is 0 Å². The maximum absolute atomic E-state index is 12.9. The average molecular weight is 484 g/mol. The lowest BCUT2D eigenvalue weighted by atomic mass is 9.96. The first kappa shape index (κ1) is 26.3. The first-order valence-corrected chi connectivity index (χ1v) is 11.9. The third-order valence-corrected chi connectivity index (χ3v) is 5.85. The van der Waals surface area contributed by atoms with Gasteiger partial charge >= 0.3 is 6.18 Å². The van der Waals surface area contributed by atoms with Crippen molar-refractivity contribution < 1.29 is 22.7 Å². The van der Waals surface area contributed by atoms with Crippen LogP contribution in [0.1, 0.15) is 61.5 Å². The van der Waals surface area contributed by atoms with Crippen molar-refractivity contribution >= 4 is 5.91 Å². The minimum atomic E-state index is -4.40. The van der Waals surface area contributed by atoms with Crippen molar-refractivity contribution in [1.29, 1.82) is 0 Å². The van der Waals surface area contributed by atoms with Crippen LogP contribution in [0.5, 0.6) is 5.75 Å². The van der Waals surface area contributed by atoms with Gasteiger partial charge in [-0.2, -0.15) is 13.2 Å². The predicted octanol–water partition coefficient (Wildman–Crippen LogP) is 7.33. The highest BCUT2D eigenvalue weighted by Crippen LogP contribution is 2.32. The molecule has 0 aliphatic heterocycles. The standard InChI is InChI=1S/C29H32F3NO2/c1-20(2)19-22-9-11-23(12-10-22)21(3)28(34)33-18-17-27(24-7-5-4-6-8-24)35-26-15-13-25(14-16-26)29(30,31)32/h4-16,20-21,27H,17-19H2,1-3H3,(H,33,34). The number of amides is 1. The van der Waals surface area contributed by atoms with Gasteiger partial charge in [0.25, 0.3) is 0 Å². The van der Waals surface area contributed by atoms with E-state index in [-0.39, 0.29) is 11.8 Å². The number of hydrogen-bond donors (Lipinski definition) is 1. The summed E-state index contributed by atoms with van der Waals surface area (Å²) in [6.45, 7) is 6.59. The summed E-state index contributed by atoms with van der Waals surface area (Å²) in [5, 5.41) is 2.98. The molecule has 0 spiro atoms. The van der Waals surface area contributed by atoms with Gasteiger partial charge < -0.3 is 10.1 Å². The van der Waals surface area contributed by atoms with Gasteiger partial charge in [-0.05, 0) is 60.2 Å². The Morgan fingerprint density at radius 2 is 1.49 bits per heavy atom. The molecule has 0 saturated carbocycles. The zero-order chi connectivity index (χ0) is 25.4. The summed E-state index contributed by atoms with van der Waals surface area (Å²) >= 11 is 0. The molecule has 0 fully saturated rings. The van der Waals surface area contributed by atoms with Crippen molar-refractivity contribution in [2.24, 2.45) is 5.92 Å². The van der Waals surface area contributed by atoms with Crippen molar-refractivity contribution in [2.45, 2.75) is 51.8 Å². The molecule has 6 heteroatoms. The van der Waals surface area contributed by atoms with Crippen LogP contribution in [-0.4, -0.2) is 12.5 Å². The van der Waals surface area contributed by atoms with E-state index in [2.05, 4.69) is 31.3 Å². The number of rotatable bonds is 10. The molecule has 0 aliphatic rings. The summed E-state index contributed by atoms with van der Waals surface area (Å²) < 4.78 is 44.6. The van der Waals surface area contributed by atoms with Crippen LogP contribution in [0, 0.1) is 5.92 Å². The zero-order valence-corrected chi connectivity index (χ0v) is 20.3. The molecule has 35 heavy (non-hydrogen) atoms. The van der Waals surface area contributed by atoms with Gasteiger partial charge in [-0.15, -0.1) is 0 Å². The third kappa shape index (κ3) is 7.88. The number of carbonyl (C=O) groups excluding carboxylic acids is 1. The Balaban J connectivity index is 1.61. The maximum atomic E-state index is 12.9. The Morgan fingerprint density at radius 3 is 2.06 bits per heavy atom. The van der Waals surface area contributed by atoms with E-state index in [1.807, 2.05) is 49.4 Å². The molecule has 3 aromatic carbocycles. The SMILES string of the molecule is CC(C)Cc1ccc(C(C)C(=O)NCCC(Oc2ccc(C(F)(F)F)cc2)c2ccccc2)cc1. The summed E-state index contributed by atoms with van der Waals surface area (Å²) in [4.78, 5) is 12.8. The molecule has 0 aliphatic carbocycles. The Hall–Kier alpha value is -3.28. The quantitative estimate of drug-likeness (QED) is 0.328. The van der Waals surface area contributed by atoms with Gasteiger partial charge in [-0.25, -0.2) is 0 Å². The highest BCUT2D eigenvalue weighted by atomic mass is 19.4. The first-order chi connectivity index (χ1) is 16.6. The fourth-order valence-corrected chi connectivity index (χ4v) is 3.89. The van der Waals surface area contributed by atoms with Crippen molar-refractivity contribution in [1.82, 2.24) is 5.32 Å². The van der Waals surface area contributed by atoms with E-state index in [9.17, 15) is 18.0 Å². The highest BCUT2D eigenvalue weighted by Gasteiger charge is 2.30. The highest BCUT2D eigenvalue weighted by molar-refractivity contribution is 5.83. The van der Waals surface area contributed by atoms with E-state index in [0.29, 0.717) is 24.6 Å². The van der Waals surface area contributed by atoms with Gasteiger partial charge in [0, 0.05) is 13.0 Å². The molecule has 1 amide bonds. The van der Waals surface area contributed by atoms with Gasteiger partial charge in [-0.1, -0.05) is 68.4 Å². The van der Waals surface area contributed by atoms with E-state index in [1.54, 1.807) is 0 Å². The summed E-state index contributed by atoms with van der Waals surface area (Å²) in [5.41, 5.74) is 2.37. The van der Waals surface area contributed by atoms with Crippen LogP contribution in [0.25, 0.3) is 0 Å². The molecule has 0 heterocycles. The Labute approximate surface area is 205 Å². The lowest BCUT2D eigenvalue weighted by Gasteiger charge is -2.21. The first-order valence-electron chi connectivity index (χ1n) is 11.9.